The van der Waals surface area contributed by atoms with Crippen molar-refractivity contribution in [1.29, 1.82) is 0 Å². The van der Waals surface area contributed by atoms with Crippen LogP contribution in [0.2, 0.25) is 5.02 Å². The van der Waals surface area contributed by atoms with Gasteiger partial charge in [0.25, 0.3) is 11.8 Å². The van der Waals surface area contributed by atoms with Gasteiger partial charge in [-0.1, -0.05) is 23.7 Å². The van der Waals surface area contributed by atoms with E-state index < -0.39 is 0 Å². The maximum absolute atomic E-state index is 13.0. The average Bonchev–Trinajstić information content (AvgIpc) is 2.75. The molecule has 1 N–H and O–H groups in total. The number of nitrogens with zero attached hydrogens (tertiary/aromatic N) is 1. The lowest BCUT2D eigenvalue weighted by Crippen LogP contribution is -2.44. The summed E-state index contributed by atoms with van der Waals surface area (Å²) < 4.78 is 10.4. The van der Waals surface area contributed by atoms with Crippen molar-refractivity contribution in [2.75, 3.05) is 33.4 Å². The van der Waals surface area contributed by atoms with E-state index in [4.69, 9.17) is 21.1 Å². The Morgan fingerprint density at radius 2 is 1.71 bits per heavy atom. The number of nitrogens with one attached hydrogen (secondary N) is 1. The predicted molar refractivity (Wildman–Crippen MR) is 107 cm³/mol. The highest BCUT2D eigenvalue weighted by Gasteiger charge is 2.22. The molecule has 1 fully saturated rings. The van der Waals surface area contributed by atoms with Gasteiger partial charge in [0.15, 0.2) is 0 Å². The van der Waals surface area contributed by atoms with Gasteiger partial charge in [0.1, 0.15) is 11.4 Å². The minimum absolute atomic E-state index is 0.199. The van der Waals surface area contributed by atoms with Crippen molar-refractivity contribution in [3.63, 3.8) is 0 Å². The summed E-state index contributed by atoms with van der Waals surface area (Å²) in [6.07, 6.45) is 1.65. The highest BCUT2D eigenvalue weighted by atomic mass is 35.5. The van der Waals surface area contributed by atoms with Crippen LogP contribution in [0.4, 0.5) is 0 Å². The van der Waals surface area contributed by atoms with Crippen molar-refractivity contribution in [3.8, 4) is 5.75 Å². The smallest absolute Gasteiger partial charge is 0.270 e. The number of amides is 2. The number of ether oxygens (including phenoxy) is 2. The Hall–Kier alpha value is -2.83. The number of benzene rings is 2. The molecule has 7 heteroatoms. The average molecular weight is 401 g/mol. The summed E-state index contributed by atoms with van der Waals surface area (Å²) >= 11 is 5.93. The topological polar surface area (TPSA) is 67.9 Å². The quantitative estimate of drug-likeness (QED) is 0.783. The van der Waals surface area contributed by atoms with E-state index in [0.717, 1.165) is 5.56 Å². The Morgan fingerprint density at radius 1 is 1.07 bits per heavy atom. The predicted octanol–water partition coefficient (Wildman–Crippen LogP) is 2.98. The molecule has 1 heterocycles. The van der Waals surface area contributed by atoms with Gasteiger partial charge < -0.3 is 19.7 Å². The van der Waals surface area contributed by atoms with E-state index in [0.29, 0.717) is 42.6 Å². The van der Waals surface area contributed by atoms with Gasteiger partial charge in [-0.25, -0.2) is 0 Å². The zero-order valence-electron chi connectivity index (χ0n) is 15.5. The summed E-state index contributed by atoms with van der Waals surface area (Å²) in [6, 6.07) is 13.7. The molecule has 3 rings (SSSR count). The molecular weight excluding hydrogens is 380 g/mol. The molecule has 0 bridgehead atoms. The van der Waals surface area contributed by atoms with E-state index in [1.165, 1.54) is 0 Å². The number of hydrogen-bond acceptors (Lipinski definition) is 4. The Kier molecular flexibility index (Phi) is 6.68. The highest BCUT2D eigenvalue weighted by Crippen LogP contribution is 2.15. The third-order valence-electron chi connectivity index (χ3n) is 4.31. The molecule has 0 unspecified atom stereocenters. The van der Waals surface area contributed by atoms with Crippen LogP contribution in [0.15, 0.2) is 54.2 Å². The van der Waals surface area contributed by atoms with E-state index in [1.54, 1.807) is 66.6 Å². The fraction of sp³-hybridized carbons (Fsp3) is 0.238. The summed E-state index contributed by atoms with van der Waals surface area (Å²) in [4.78, 5) is 27.3. The van der Waals surface area contributed by atoms with Crippen molar-refractivity contribution < 1.29 is 19.1 Å². The van der Waals surface area contributed by atoms with Gasteiger partial charge in [-0.05, 0) is 48.0 Å². The summed E-state index contributed by atoms with van der Waals surface area (Å²) in [5.41, 5.74) is 1.39. The lowest BCUT2D eigenvalue weighted by molar-refractivity contribution is -0.131. The van der Waals surface area contributed by atoms with Gasteiger partial charge in [-0.15, -0.1) is 0 Å². The Bertz CT molecular complexity index is 857. The Morgan fingerprint density at radius 3 is 2.32 bits per heavy atom. The molecule has 1 aliphatic heterocycles. The van der Waals surface area contributed by atoms with Crippen LogP contribution < -0.4 is 10.1 Å². The van der Waals surface area contributed by atoms with Gasteiger partial charge in [0, 0.05) is 23.7 Å². The second-order valence-electron chi connectivity index (χ2n) is 6.20. The molecular formula is C21H21ClN2O4. The molecule has 6 nitrogen and oxygen atoms in total. The fourth-order valence-corrected chi connectivity index (χ4v) is 2.88. The second kappa shape index (κ2) is 9.39. The number of carbonyl (C=O) groups is 2. The number of halogens is 1. The van der Waals surface area contributed by atoms with Crippen molar-refractivity contribution in [1.82, 2.24) is 10.2 Å². The van der Waals surface area contributed by atoms with E-state index in [2.05, 4.69) is 5.32 Å². The van der Waals surface area contributed by atoms with Crippen molar-refractivity contribution in [2.45, 2.75) is 0 Å². The molecule has 146 valence electrons. The zero-order chi connectivity index (χ0) is 19.9. The normalized spacial score (nSPS) is 14.5. The first-order valence-electron chi connectivity index (χ1n) is 8.86. The molecule has 1 saturated heterocycles. The van der Waals surface area contributed by atoms with Crippen LogP contribution in [0.3, 0.4) is 0 Å². The molecule has 28 heavy (non-hydrogen) atoms. The largest absolute Gasteiger partial charge is 0.497 e. The lowest BCUT2D eigenvalue weighted by Gasteiger charge is -2.27. The van der Waals surface area contributed by atoms with E-state index in [1.807, 2.05) is 0 Å². The lowest BCUT2D eigenvalue weighted by atomic mass is 10.1. The minimum Gasteiger partial charge on any atom is -0.497 e. The third kappa shape index (κ3) is 5.12. The van der Waals surface area contributed by atoms with Crippen LogP contribution in [0.1, 0.15) is 15.9 Å². The molecule has 2 aromatic rings. The van der Waals surface area contributed by atoms with E-state index in [9.17, 15) is 9.59 Å². The summed E-state index contributed by atoms with van der Waals surface area (Å²) in [6.45, 7) is 1.92. The molecule has 0 radical (unpaired) electrons. The molecule has 0 aliphatic carbocycles. The Balaban J connectivity index is 1.84. The second-order valence-corrected chi connectivity index (χ2v) is 6.63. The van der Waals surface area contributed by atoms with Crippen molar-refractivity contribution in [3.05, 3.63) is 70.4 Å². The molecule has 1 aliphatic rings. The number of morpholine rings is 1. The van der Waals surface area contributed by atoms with Gasteiger partial charge in [-0.3, -0.25) is 9.59 Å². The maximum Gasteiger partial charge on any atom is 0.270 e. The van der Waals surface area contributed by atoms with Gasteiger partial charge in [0.05, 0.1) is 20.3 Å². The SMILES string of the molecule is COc1ccc(C(=O)N/C(=C/c2ccc(Cl)cc2)C(=O)N2CCOCC2)cc1. The number of rotatable bonds is 5. The summed E-state index contributed by atoms with van der Waals surface area (Å²) in [7, 11) is 1.56. The molecule has 0 atom stereocenters. The first-order chi connectivity index (χ1) is 13.6. The van der Waals surface area contributed by atoms with Crippen LogP contribution in [-0.2, 0) is 9.53 Å². The summed E-state index contributed by atoms with van der Waals surface area (Å²) in [5, 5.41) is 3.34. The van der Waals surface area contributed by atoms with E-state index >= 15 is 0 Å². The van der Waals surface area contributed by atoms with Gasteiger partial charge >= 0.3 is 0 Å². The standard InChI is InChI=1S/C21H21ClN2O4/c1-27-18-8-4-16(5-9-18)20(25)23-19(14-15-2-6-17(22)7-3-15)21(26)24-10-12-28-13-11-24/h2-9,14H,10-13H2,1H3,(H,23,25)/b19-14+. The number of hydrogen-bond donors (Lipinski definition) is 1. The van der Waals surface area contributed by atoms with Crippen molar-refractivity contribution in [2.24, 2.45) is 0 Å². The van der Waals surface area contributed by atoms with Gasteiger partial charge in [0.2, 0.25) is 0 Å². The van der Waals surface area contributed by atoms with E-state index in [-0.39, 0.29) is 17.5 Å². The van der Waals surface area contributed by atoms with Crippen LogP contribution in [0.25, 0.3) is 6.08 Å². The fourth-order valence-electron chi connectivity index (χ4n) is 2.75. The number of methoxy groups -OCH3 is 1. The minimum atomic E-state index is -0.371. The third-order valence-corrected chi connectivity index (χ3v) is 4.56. The Labute approximate surface area is 168 Å². The zero-order valence-corrected chi connectivity index (χ0v) is 16.2. The molecule has 0 saturated carbocycles. The first-order valence-corrected chi connectivity index (χ1v) is 9.24. The number of carbonyl (C=O) groups excluding carboxylic acids is 2. The monoisotopic (exact) mass is 400 g/mol. The molecule has 2 amide bonds. The van der Waals surface area contributed by atoms with Crippen LogP contribution in [0.5, 0.6) is 5.75 Å². The molecule has 0 aromatic heterocycles. The molecule has 0 spiro atoms. The molecule has 2 aromatic carbocycles. The highest BCUT2D eigenvalue weighted by molar-refractivity contribution is 6.30. The van der Waals surface area contributed by atoms with Gasteiger partial charge in [-0.2, -0.15) is 0 Å². The van der Waals surface area contributed by atoms with Crippen LogP contribution >= 0.6 is 11.6 Å². The van der Waals surface area contributed by atoms with Crippen LogP contribution in [0, 0.1) is 0 Å². The van der Waals surface area contributed by atoms with Crippen molar-refractivity contribution >= 4 is 29.5 Å². The first kappa shape index (κ1) is 19.9. The summed E-state index contributed by atoms with van der Waals surface area (Å²) in [5.74, 6) is 0.0301. The van der Waals surface area contributed by atoms with Crippen LogP contribution in [-0.4, -0.2) is 50.1 Å². The maximum atomic E-state index is 13.0.